The Kier molecular flexibility index (Phi) is 4.45. The third-order valence-corrected chi connectivity index (χ3v) is 2.67. The molecule has 1 heterocycles. The van der Waals surface area contributed by atoms with Gasteiger partial charge in [0.1, 0.15) is 0 Å². The molecule has 0 aromatic carbocycles. The first kappa shape index (κ1) is 12.4. The topological polar surface area (TPSA) is 32.3 Å². The number of hydrogen-bond donors (Lipinski definition) is 1. The van der Waals surface area contributed by atoms with Crippen LogP contribution in [-0.2, 0) is 4.79 Å². The largest absolute Gasteiger partial charge is 0.341 e. The van der Waals surface area contributed by atoms with Crippen molar-refractivity contribution in [2.75, 3.05) is 19.6 Å². The minimum absolute atomic E-state index is 0.00616. The zero-order valence-corrected chi connectivity index (χ0v) is 9.17. The Bertz CT molecular complexity index is 223. The van der Waals surface area contributed by atoms with E-state index in [9.17, 15) is 13.6 Å². The van der Waals surface area contributed by atoms with Gasteiger partial charge in [-0.05, 0) is 12.3 Å². The van der Waals surface area contributed by atoms with Gasteiger partial charge in [-0.3, -0.25) is 4.79 Å². The summed E-state index contributed by atoms with van der Waals surface area (Å²) in [5.74, 6) is 0.392. The second-order valence-corrected chi connectivity index (χ2v) is 4.26. The highest BCUT2D eigenvalue weighted by Gasteiger charge is 2.26. The van der Waals surface area contributed by atoms with Crippen LogP contribution in [0, 0.1) is 5.92 Å². The Morgan fingerprint density at radius 1 is 1.53 bits per heavy atom. The molecule has 0 bridgehead atoms. The maximum Gasteiger partial charge on any atom is 0.250 e. The van der Waals surface area contributed by atoms with Gasteiger partial charge in [-0.1, -0.05) is 6.92 Å². The second kappa shape index (κ2) is 5.39. The van der Waals surface area contributed by atoms with Crippen molar-refractivity contribution in [3.63, 3.8) is 0 Å². The van der Waals surface area contributed by atoms with E-state index >= 15 is 0 Å². The molecule has 2 atom stereocenters. The minimum atomic E-state index is -2.33. The molecule has 5 heteroatoms. The molecule has 88 valence electrons. The van der Waals surface area contributed by atoms with Crippen LogP contribution in [0.2, 0.25) is 0 Å². The molecule has 0 aliphatic carbocycles. The quantitative estimate of drug-likeness (QED) is 0.772. The molecule has 0 spiro atoms. The van der Waals surface area contributed by atoms with E-state index in [0.717, 1.165) is 13.0 Å². The van der Waals surface area contributed by atoms with Crippen molar-refractivity contribution in [2.24, 2.45) is 5.92 Å². The standard InChI is InChI=1S/C10H18F2N2O/c1-7-3-9(13-4-10(11)12)6-14(5-7)8(2)15/h7,9-10,13H,3-6H2,1-2H3. The predicted molar refractivity (Wildman–Crippen MR) is 53.8 cm³/mol. The summed E-state index contributed by atoms with van der Waals surface area (Å²) in [4.78, 5) is 12.9. The van der Waals surface area contributed by atoms with Gasteiger partial charge in [0.25, 0.3) is 6.43 Å². The van der Waals surface area contributed by atoms with Gasteiger partial charge in [-0.2, -0.15) is 0 Å². The summed E-state index contributed by atoms with van der Waals surface area (Å²) in [6.45, 7) is 4.55. The van der Waals surface area contributed by atoms with Gasteiger partial charge in [0.15, 0.2) is 0 Å². The van der Waals surface area contributed by atoms with Crippen molar-refractivity contribution < 1.29 is 13.6 Å². The lowest BCUT2D eigenvalue weighted by molar-refractivity contribution is -0.131. The summed E-state index contributed by atoms with van der Waals surface area (Å²) in [5, 5.41) is 2.79. The Hall–Kier alpha value is -0.710. The molecule has 3 nitrogen and oxygen atoms in total. The molecule has 0 radical (unpaired) electrons. The van der Waals surface area contributed by atoms with Crippen molar-refractivity contribution in [3.05, 3.63) is 0 Å². The normalized spacial score (nSPS) is 27.1. The third-order valence-electron chi connectivity index (χ3n) is 2.67. The molecular formula is C10H18F2N2O. The lowest BCUT2D eigenvalue weighted by Gasteiger charge is -2.36. The summed E-state index contributed by atoms with van der Waals surface area (Å²) in [7, 11) is 0. The van der Waals surface area contributed by atoms with Gasteiger partial charge in [-0.25, -0.2) is 8.78 Å². The van der Waals surface area contributed by atoms with Crippen LogP contribution in [0.3, 0.4) is 0 Å². The number of nitrogens with one attached hydrogen (secondary N) is 1. The van der Waals surface area contributed by atoms with Crippen LogP contribution in [-0.4, -0.2) is 42.9 Å². The zero-order valence-electron chi connectivity index (χ0n) is 9.17. The highest BCUT2D eigenvalue weighted by molar-refractivity contribution is 5.73. The third kappa shape index (κ3) is 4.11. The van der Waals surface area contributed by atoms with E-state index in [1.54, 1.807) is 4.90 Å². The summed E-state index contributed by atoms with van der Waals surface area (Å²) in [6, 6.07) is 0.00616. The van der Waals surface area contributed by atoms with Crippen LogP contribution >= 0.6 is 0 Å². The molecule has 1 rings (SSSR count). The molecule has 0 aromatic heterocycles. The summed E-state index contributed by atoms with van der Waals surface area (Å²) >= 11 is 0. The van der Waals surface area contributed by atoms with E-state index in [2.05, 4.69) is 5.32 Å². The summed E-state index contributed by atoms with van der Waals surface area (Å²) < 4.78 is 24.0. The van der Waals surface area contributed by atoms with Gasteiger partial charge in [0.2, 0.25) is 5.91 Å². The average molecular weight is 220 g/mol. The highest BCUT2D eigenvalue weighted by atomic mass is 19.3. The van der Waals surface area contributed by atoms with Crippen molar-refractivity contribution in [2.45, 2.75) is 32.7 Å². The molecular weight excluding hydrogens is 202 g/mol. The number of piperidine rings is 1. The number of amides is 1. The number of likely N-dealkylation sites (tertiary alicyclic amines) is 1. The Labute approximate surface area is 88.8 Å². The first-order valence-corrected chi connectivity index (χ1v) is 5.26. The van der Waals surface area contributed by atoms with Crippen molar-refractivity contribution >= 4 is 5.91 Å². The van der Waals surface area contributed by atoms with Gasteiger partial charge in [0.05, 0.1) is 6.54 Å². The van der Waals surface area contributed by atoms with Crippen LogP contribution in [0.5, 0.6) is 0 Å². The van der Waals surface area contributed by atoms with Crippen LogP contribution in [0.4, 0.5) is 8.78 Å². The molecule has 1 aliphatic heterocycles. The van der Waals surface area contributed by atoms with Crippen molar-refractivity contribution in [3.8, 4) is 0 Å². The fourth-order valence-corrected chi connectivity index (χ4v) is 2.01. The first-order chi connectivity index (χ1) is 6.99. The molecule has 0 aromatic rings. The lowest BCUT2D eigenvalue weighted by Crippen LogP contribution is -2.51. The maximum absolute atomic E-state index is 12.0. The van der Waals surface area contributed by atoms with E-state index in [1.165, 1.54) is 6.92 Å². The lowest BCUT2D eigenvalue weighted by atomic mass is 9.96. The molecule has 1 saturated heterocycles. The number of rotatable bonds is 3. The number of nitrogens with zero attached hydrogens (tertiary/aromatic N) is 1. The molecule has 1 aliphatic rings. The van der Waals surface area contributed by atoms with Crippen LogP contribution < -0.4 is 5.32 Å². The van der Waals surface area contributed by atoms with Gasteiger partial charge < -0.3 is 10.2 Å². The number of alkyl halides is 2. The summed E-state index contributed by atoms with van der Waals surface area (Å²) in [6.07, 6.45) is -1.47. The molecule has 1 amide bonds. The zero-order chi connectivity index (χ0) is 11.4. The van der Waals surface area contributed by atoms with E-state index in [0.29, 0.717) is 12.5 Å². The SMILES string of the molecule is CC(=O)N1CC(C)CC(NCC(F)F)C1. The summed E-state index contributed by atoms with van der Waals surface area (Å²) in [5.41, 5.74) is 0. The van der Waals surface area contributed by atoms with Gasteiger partial charge in [0, 0.05) is 26.1 Å². The van der Waals surface area contributed by atoms with E-state index < -0.39 is 6.43 Å². The van der Waals surface area contributed by atoms with Crippen molar-refractivity contribution in [1.82, 2.24) is 10.2 Å². The predicted octanol–water partition coefficient (Wildman–Crippen LogP) is 1.10. The van der Waals surface area contributed by atoms with Crippen LogP contribution in [0.1, 0.15) is 20.3 Å². The fraction of sp³-hybridized carbons (Fsp3) is 0.900. The number of carbonyl (C=O) groups is 1. The number of halogens is 2. The molecule has 1 fully saturated rings. The number of hydrogen-bond acceptors (Lipinski definition) is 2. The minimum Gasteiger partial charge on any atom is -0.341 e. The second-order valence-electron chi connectivity index (χ2n) is 4.26. The molecule has 2 unspecified atom stereocenters. The maximum atomic E-state index is 12.0. The fourth-order valence-electron chi connectivity index (χ4n) is 2.01. The van der Waals surface area contributed by atoms with Gasteiger partial charge >= 0.3 is 0 Å². The van der Waals surface area contributed by atoms with E-state index in [-0.39, 0.29) is 18.5 Å². The first-order valence-electron chi connectivity index (χ1n) is 5.26. The number of carbonyl (C=O) groups excluding carboxylic acids is 1. The Balaban J connectivity index is 2.41. The average Bonchev–Trinajstić information content (AvgIpc) is 2.13. The van der Waals surface area contributed by atoms with Crippen molar-refractivity contribution in [1.29, 1.82) is 0 Å². The van der Waals surface area contributed by atoms with E-state index in [1.807, 2.05) is 6.92 Å². The molecule has 0 saturated carbocycles. The van der Waals surface area contributed by atoms with Gasteiger partial charge in [-0.15, -0.1) is 0 Å². The van der Waals surface area contributed by atoms with Crippen LogP contribution in [0.25, 0.3) is 0 Å². The Morgan fingerprint density at radius 2 is 2.20 bits per heavy atom. The molecule has 1 N–H and O–H groups in total. The highest BCUT2D eigenvalue weighted by Crippen LogP contribution is 2.16. The van der Waals surface area contributed by atoms with Crippen LogP contribution in [0.15, 0.2) is 0 Å². The monoisotopic (exact) mass is 220 g/mol. The smallest absolute Gasteiger partial charge is 0.250 e. The van der Waals surface area contributed by atoms with E-state index in [4.69, 9.17) is 0 Å². The molecule has 15 heavy (non-hydrogen) atoms. The Morgan fingerprint density at radius 3 is 2.73 bits per heavy atom.